The Morgan fingerprint density at radius 3 is 2.73 bits per heavy atom. The molecule has 3 rings (SSSR count). The van der Waals surface area contributed by atoms with Crippen molar-refractivity contribution in [2.75, 3.05) is 0 Å². The van der Waals surface area contributed by atoms with Gasteiger partial charge >= 0.3 is 5.82 Å². The monoisotopic (exact) mass is 369 g/mol. The maximum Gasteiger partial charge on any atom is 0.389 e. The second-order valence-corrected chi connectivity index (χ2v) is 6.44. The molecule has 1 N–H and O–H groups in total. The fraction of sp³-hybridized carbons (Fsp3) is 0.118. The van der Waals surface area contributed by atoms with Gasteiger partial charge in [0.2, 0.25) is 0 Å². The zero-order valence-electron chi connectivity index (χ0n) is 13.8. The Hall–Kier alpha value is -3.33. The molecule has 0 saturated heterocycles. The van der Waals surface area contributed by atoms with Crippen LogP contribution in [-0.2, 0) is 6.54 Å². The Balaban J connectivity index is 1.59. The summed E-state index contributed by atoms with van der Waals surface area (Å²) in [6.45, 7) is 2.36. The van der Waals surface area contributed by atoms with Crippen LogP contribution in [0.2, 0.25) is 0 Å². The van der Waals surface area contributed by atoms with Gasteiger partial charge in [-0.05, 0) is 46.6 Å². The first-order valence-corrected chi connectivity index (χ1v) is 8.55. The van der Waals surface area contributed by atoms with Gasteiger partial charge < -0.3 is 10.1 Å². The van der Waals surface area contributed by atoms with Gasteiger partial charge in [-0.25, -0.2) is 5.43 Å². The minimum atomic E-state index is -0.540. The molecule has 2 aromatic heterocycles. The molecular weight excluding hydrogens is 354 g/mol. The highest BCUT2D eigenvalue weighted by Crippen LogP contribution is 2.12. The second kappa shape index (κ2) is 7.70. The van der Waals surface area contributed by atoms with Crippen molar-refractivity contribution < 1.29 is 9.72 Å². The third kappa shape index (κ3) is 4.19. The number of benzene rings is 1. The third-order valence-electron chi connectivity index (χ3n) is 3.62. The summed E-state index contributed by atoms with van der Waals surface area (Å²) in [5.41, 5.74) is 4.95. The molecule has 9 heteroatoms. The zero-order valence-corrected chi connectivity index (χ0v) is 14.6. The van der Waals surface area contributed by atoms with Gasteiger partial charge in [0.1, 0.15) is 0 Å². The molecule has 0 saturated carbocycles. The average Bonchev–Trinajstić information content (AvgIpc) is 3.25. The molecule has 132 valence electrons. The van der Waals surface area contributed by atoms with Crippen LogP contribution in [0, 0.1) is 17.0 Å². The number of thiophene rings is 1. The Labute approximate surface area is 152 Å². The molecule has 0 aliphatic heterocycles. The smallest absolute Gasteiger partial charge is 0.358 e. The predicted molar refractivity (Wildman–Crippen MR) is 98.5 cm³/mol. The van der Waals surface area contributed by atoms with Crippen molar-refractivity contribution in [1.82, 2.24) is 15.2 Å². The summed E-state index contributed by atoms with van der Waals surface area (Å²) in [6.07, 6.45) is 3.16. The van der Waals surface area contributed by atoms with Crippen LogP contribution >= 0.6 is 11.3 Å². The first-order valence-electron chi connectivity index (χ1n) is 7.67. The number of amides is 1. The fourth-order valence-electron chi connectivity index (χ4n) is 2.22. The van der Waals surface area contributed by atoms with Gasteiger partial charge in [0.25, 0.3) is 5.91 Å². The van der Waals surface area contributed by atoms with Crippen LogP contribution < -0.4 is 5.43 Å². The second-order valence-electron chi connectivity index (χ2n) is 5.49. The van der Waals surface area contributed by atoms with E-state index in [1.165, 1.54) is 10.7 Å². The number of nitrogens with zero attached hydrogens (tertiary/aromatic N) is 4. The summed E-state index contributed by atoms with van der Waals surface area (Å²) < 4.78 is 1.47. The minimum Gasteiger partial charge on any atom is -0.358 e. The van der Waals surface area contributed by atoms with Crippen LogP contribution in [0.1, 0.15) is 26.4 Å². The maximum absolute atomic E-state index is 12.1. The van der Waals surface area contributed by atoms with Gasteiger partial charge in [-0.2, -0.15) is 9.78 Å². The van der Waals surface area contributed by atoms with Gasteiger partial charge in [-0.15, -0.1) is 11.3 Å². The minimum absolute atomic E-state index is 0.195. The quantitative estimate of drug-likeness (QED) is 0.410. The molecule has 2 heterocycles. The molecule has 3 aromatic rings. The molecule has 1 aromatic carbocycles. The van der Waals surface area contributed by atoms with Crippen molar-refractivity contribution >= 4 is 29.3 Å². The number of aromatic nitrogens is 2. The van der Waals surface area contributed by atoms with E-state index in [-0.39, 0.29) is 11.7 Å². The summed E-state index contributed by atoms with van der Waals surface area (Å²) in [6, 6.07) is 10.2. The number of nitro groups is 1. The highest BCUT2D eigenvalue weighted by atomic mass is 32.1. The summed E-state index contributed by atoms with van der Waals surface area (Å²) >= 11 is 1.55. The number of carbonyl (C=O) groups excluding carboxylic acids is 1. The molecule has 0 radical (unpaired) electrons. The van der Waals surface area contributed by atoms with E-state index in [4.69, 9.17) is 0 Å². The molecule has 0 aliphatic carbocycles. The number of rotatable bonds is 6. The maximum atomic E-state index is 12.1. The van der Waals surface area contributed by atoms with Crippen molar-refractivity contribution in [2.24, 2.45) is 5.10 Å². The van der Waals surface area contributed by atoms with E-state index < -0.39 is 4.92 Å². The van der Waals surface area contributed by atoms with Gasteiger partial charge in [-0.1, -0.05) is 12.1 Å². The summed E-state index contributed by atoms with van der Waals surface area (Å²) in [5, 5.41) is 20.4. The SMILES string of the molecule is Cc1ccsc1/C=N\NC(=O)c1ccc(Cn2ccc([N+](=O)[O-])n2)cc1. The summed E-state index contributed by atoms with van der Waals surface area (Å²) in [4.78, 5) is 23.2. The first-order chi connectivity index (χ1) is 12.5. The Bertz CT molecular complexity index is 959. The van der Waals surface area contributed by atoms with Crippen molar-refractivity contribution in [3.05, 3.63) is 79.7 Å². The molecule has 0 atom stereocenters. The number of carbonyl (C=O) groups is 1. The molecular formula is C17H15N5O3S. The van der Waals surface area contributed by atoms with Crippen LogP contribution in [0.25, 0.3) is 0 Å². The third-order valence-corrected chi connectivity index (χ3v) is 4.58. The number of hydrazone groups is 1. The van der Waals surface area contributed by atoms with E-state index in [2.05, 4.69) is 15.6 Å². The largest absolute Gasteiger partial charge is 0.389 e. The number of hydrogen-bond donors (Lipinski definition) is 1. The highest BCUT2D eigenvalue weighted by Gasteiger charge is 2.11. The van der Waals surface area contributed by atoms with E-state index in [1.54, 1.807) is 48.0 Å². The Kier molecular flexibility index (Phi) is 5.18. The zero-order chi connectivity index (χ0) is 18.5. The number of hydrogen-bond acceptors (Lipinski definition) is 6. The highest BCUT2D eigenvalue weighted by molar-refractivity contribution is 7.11. The van der Waals surface area contributed by atoms with Crippen LogP contribution in [0.3, 0.4) is 0 Å². The Morgan fingerprint density at radius 2 is 2.12 bits per heavy atom. The van der Waals surface area contributed by atoms with Gasteiger partial charge in [0.15, 0.2) is 0 Å². The predicted octanol–water partition coefficient (Wildman–Crippen LogP) is 2.97. The Morgan fingerprint density at radius 1 is 1.35 bits per heavy atom. The average molecular weight is 369 g/mol. The fourth-order valence-corrected chi connectivity index (χ4v) is 3.00. The topological polar surface area (TPSA) is 102 Å². The van der Waals surface area contributed by atoms with E-state index in [0.717, 1.165) is 16.0 Å². The molecule has 0 spiro atoms. The normalized spacial score (nSPS) is 11.0. The summed E-state index contributed by atoms with van der Waals surface area (Å²) in [5.74, 6) is -0.503. The van der Waals surface area contributed by atoms with Crippen molar-refractivity contribution in [3.8, 4) is 0 Å². The number of aryl methyl sites for hydroxylation is 1. The first kappa shape index (κ1) is 17.5. The molecule has 0 unspecified atom stereocenters. The van der Waals surface area contributed by atoms with Gasteiger partial charge in [0, 0.05) is 10.4 Å². The van der Waals surface area contributed by atoms with Crippen molar-refractivity contribution in [2.45, 2.75) is 13.5 Å². The lowest BCUT2D eigenvalue weighted by Crippen LogP contribution is -2.17. The van der Waals surface area contributed by atoms with Gasteiger partial charge in [-0.3, -0.25) is 4.79 Å². The van der Waals surface area contributed by atoms with Gasteiger partial charge in [0.05, 0.1) is 30.1 Å². The molecule has 26 heavy (non-hydrogen) atoms. The summed E-state index contributed by atoms with van der Waals surface area (Å²) in [7, 11) is 0. The lowest BCUT2D eigenvalue weighted by Gasteiger charge is -2.02. The molecule has 0 aliphatic rings. The van der Waals surface area contributed by atoms with Crippen LogP contribution in [0.15, 0.2) is 53.1 Å². The van der Waals surface area contributed by atoms with Crippen LogP contribution in [0.5, 0.6) is 0 Å². The lowest BCUT2D eigenvalue weighted by atomic mass is 10.1. The molecule has 8 nitrogen and oxygen atoms in total. The van der Waals surface area contributed by atoms with Crippen LogP contribution in [0.4, 0.5) is 5.82 Å². The van der Waals surface area contributed by atoms with E-state index >= 15 is 0 Å². The molecule has 0 bridgehead atoms. The van der Waals surface area contributed by atoms with E-state index in [9.17, 15) is 14.9 Å². The standard InChI is InChI=1S/C17H15N5O3S/c1-12-7-9-26-15(12)10-18-19-17(23)14-4-2-13(3-5-14)11-21-8-6-16(20-21)22(24)25/h2-10H,11H2,1H3,(H,19,23)/b18-10-. The molecule has 1 amide bonds. The number of nitrogens with one attached hydrogen (secondary N) is 1. The van der Waals surface area contributed by atoms with E-state index in [0.29, 0.717) is 12.1 Å². The van der Waals surface area contributed by atoms with Crippen molar-refractivity contribution in [1.29, 1.82) is 0 Å². The molecule has 0 fully saturated rings. The lowest BCUT2D eigenvalue weighted by molar-refractivity contribution is -0.389. The van der Waals surface area contributed by atoms with Crippen molar-refractivity contribution in [3.63, 3.8) is 0 Å². The van der Waals surface area contributed by atoms with E-state index in [1.807, 2.05) is 18.4 Å². The van der Waals surface area contributed by atoms with Crippen LogP contribution in [-0.4, -0.2) is 26.8 Å².